The molecule has 1 aliphatic heterocycles. The minimum atomic E-state index is 0.289. The highest BCUT2D eigenvalue weighted by molar-refractivity contribution is 4.97. The second-order valence-electron chi connectivity index (χ2n) is 5.74. The third-order valence-corrected chi connectivity index (χ3v) is 4.67. The zero-order valence-corrected chi connectivity index (χ0v) is 11.2. The first-order valence-corrected chi connectivity index (χ1v) is 7.22. The Kier molecular flexibility index (Phi) is 4.83. The SMILES string of the molecule is CCOCC1CN(CCO)CC12CCCCC2. The molecule has 0 amide bonds. The van der Waals surface area contributed by atoms with Gasteiger partial charge in [0.15, 0.2) is 0 Å². The van der Waals surface area contributed by atoms with Gasteiger partial charge in [-0.3, -0.25) is 0 Å². The number of ether oxygens (including phenoxy) is 1. The number of hydrogen-bond donors (Lipinski definition) is 1. The minimum absolute atomic E-state index is 0.289. The molecule has 0 aromatic carbocycles. The van der Waals surface area contributed by atoms with Crippen LogP contribution in [0.15, 0.2) is 0 Å². The summed E-state index contributed by atoms with van der Waals surface area (Å²) in [6, 6.07) is 0. The predicted molar refractivity (Wildman–Crippen MR) is 69.0 cm³/mol. The van der Waals surface area contributed by atoms with Crippen molar-refractivity contribution < 1.29 is 9.84 Å². The number of nitrogens with zero attached hydrogens (tertiary/aromatic N) is 1. The maximum atomic E-state index is 9.10. The van der Waals surface area contributed by atoms with Crippen molar-refractivity contribution in [2.24, 2.45) is 11.3 Å². The van der Waals surface area contributed by atoms with Gasteiger partial charge in [-0.1, -0.05) is 19.3 Å². The molecule has 1 spiro atoms. The van der Waals surface area contributed by atoms with Crippen LogP contribution in [-0.2, 0) is 4.74 Å². The number of aliphatic hydroxyl groups excluding tert-OH is 1. The van der Waals surface area contributed by atoms with Crippen LogP contribution in [0.1, 0.15) is 39.0 Å². The summed E-state index contributed by atoms with van der Waals surface area (Å²) in [5, 5.41) is 9.10. The van der Waals surface area contributed by atoms with Crippen LogP contribution >= 0.6 is 0 Å². The van der Waals surface area contributed by atoms with E-state index in [9.17, 15) is 0 Å². The van der Waals surface area contributed by atoms with Gasteiger partial charge in [-0.2, -0.15) is 0 Å². The Balaban J connectivity index is 1.98. The van der Waals surface area contributed by atoms with Gasteiger partial charge in [-0.25, -0.2) is 0 Å². The van der Waals surface area contributed by atoms with Crippen molar-refractivity contribution in [1.29, 1.82) is 0 Å². The summed E-state index contributed by atoms with van der Waals surface area (Å²) in [5.74, 6) is 0.689. The lowest BCUT2D eigenvalue weighted by molar-refractivity contribution is 0.0467. The van der Waals surface area contributed by atoms with E-state index >= 15 is 0 Å². The third-order valence-electron chi connectivity index (χ3n) is 4.67. The largest absolute Gasteiger partial charge is 0.395 e. The normalized spacial score (nSPS) is 28.9. The highest BCUT2D eigenvalue weighted by atomic mass is 16.5. The van der Waals surface area contributed by atoms with E-state index in [0.717, 1.165) is 26.3 Å². The lowest BCUT2D eigenvalue weighted by Crippen LogP contribution is -2.35. The van der Waals surface area contributed by atoms with E-state index < -0.39 is 0 Å². The van der Waals surface area contributed by atoms with Gasteiger partial charge in [0.2, 0.25) is 0 Å². The van der Waals surface area contributed by atoms with Gasteiger partial charge < -0.3 is 14.7 Å². The monoisotopic (exact) mass is 241 g/mol. The van der Waals surface area contributed by atoms with Gasteiger partial charge in [0, 0.05) is 32.2 Å². The van der Waals surface area contributed by atoms with Crippen molar-refractivity contribution in [2.75, 3.05) is 39.5 Å². The van der Waals surface area contributed by atoms with E-state index in [2.05, 4.69) is 11.8 Å². The lowest BCUT2D eigenvalue weighted by atomic mass is 9.68. The molecule has 17 heavy (non-hydrogen) atoms. The maximum absolute atomic E-state index is 9.10. The molecule has 1 atom stereocenters. The molecule has 1 saturated carbocycles. The van der Waals surface area contributed by atoms with Gasteiger partial charge in [-0.05, 0) is 25.2 Å². The Morgan fingerprint density at radius 1 is 1.29 bits per heavy atom. The number of rotatable bonds is 5. The van der Waals surface area contributed by atoms with E-state index in [1.807, 2.05) is 0 Å². The van der Waals surface area contributed by atoms with Crippen molar-refractivity contribution in [3.63, 3.8) is 0 Å². The number of aliphatic hydroxyl groups is 1. The van der Waals surface area contributed by atoms with Crippen LogP contribution in [-0.4, -0.2) is 49.5 Å². The van der Waals surface area contributed by atoms with Crippen LogP contribution in [0.5, 0.6) is 0 Å². The van der Waals surface area contributed by atoms with Crippen LogP contribution in [0.3, 0.4) is 0 Å². The topological polar surface area (TPSA) is 32.7 Å². The van der Waals surface area contributed by atoms with Gasteiger partial charge in [0.05, 0.1) is 13.2 Å². The molecule has 3 heteroatoms. The summed E-state index contributed by atoms with van der Waals surface area (Å²) in [6.07, 6.45) is 6.91. The number of hydrogen-bond acceptors (Lipinski definition) is 3. The molecule has 1 unspecified atom stereocenters. The molecule has 2 fully saturated rings. The first-order valence-electron chi connectivity index (χ1n) is 7.22. The molecule has 1 aliphatic carbocycles. The van der Waals surface area contributed by atoms with Crippen LogP contribution < -0.4 is 0 Å². The molecule has 100 valence electrons. The minimum Gasteiger partial charge on any atom is -0.395 e. The molecule has 1 heterocycles. The number of likely N-dealkylation sites (tertiary alicyclic amines) is 1. The Morgan fingerprint density at radius 2 is 2.06 bits per heavy atom. The fourth-order valence-electron chi connectivity index (χ4n) is 3.77. The van der Waals surface area contributed by atoms with E-state index in [4.69, 9.17) is 9.84 Å². The predicted octanol–water partition coefficient (Wildman–Crippen LogP) is 1.90. The summed E-state index contributed by atoms with van der Waals surface area (Å²) < 4.78 is 5.68. The van der Waals surface area contributed by atoms with Crippen molar-refractivity contribution in [3.05, 3.63) is 0 Å². The summed E-state index contributed by atoms with van der Waals surface area (Å²) in [5.41, 5.74) is 0.503. The molecule has 2 aliphatic rings. The summed E-state index contributed by atoms with van der Waals surface area (Å²) in [6.45, 7) is 7.26. The van der Waals surface area contributed by atoms with Gasteiger partial charge in [-0.15, -0.1) is 0 Å². The van der Waals surface area contributed by atoms with E-state index in [-0.39, 0.29) is 6.61 Å². The van der Waals surface area contributed by atoms with Gasteiger partial charge >= 0.3 is 0 Å². The summed E-state index contributed by atoms with van der Waals surface area (Å²) in [4.78, 5) is 2.44. The average molecular weight is 241 g/mol. The quantitative estimate of drug-likeness (QED) is 0.798. The van der Waals surface area contributed by atoms with Crippen molar-refractivity contribution in [1.82, 2.24) is 4.90 Å². The zero-order chi connectivity index (χ0) is 12.1. The standard InChI is InChI=1S/C14H27NO2/c1-2-17-11-13-10-15(8-9-16)12-14(13)6-4-3-5-7-14/h13,16H,2-12H2,1H3. The lowest BCUT2D eigenvalue weighted by Gasteiger charge is -2.38. The maximum Gasteiger partial charge on any atom is 0.0558 e. The van der Waals surface area contributed by atoms with Crippen molar-refractivity contribution in [3.8, 4) is 0 Å². The molecule has 1 saturated heterocycles. The summed E-state index contributed by atoms with van der Waals surface area (Å²) in [7, 11) is 0. The van der Waals surface area contributed by atoms with Crippen LogP contribution in [0, 0.1) is 11.3 Å². The molecular formula is C14H27NO2. The zero-order valence-electron chi connectivity index (χ0n) is 11.2. The first-order chi connectivity index (χ1) is 8.30. The van der Waals surface area contributed by atoms with Crippen molar-refractivity contribution >= 4 is 0 Å². The fraction of sp³-hybridized carbons (Fsp3) is 1.00. The molecule has 0 aromatic rings. The smallest absolute Gasteiger partial charge is 0.0558 e. The third kappa shape index (κ3) is 3.01. The van der Waals surface area contributed by atoms with E-state index in [1.54, 1.807) is 0 Å². The Bertz CT molecular complexity index is 226. The number of β-amino-alcohol motifs (C(OH)–C–C–N with tert-alkyl or cyclic N) is 1. The Morgan fingerprint density at radius 3 is 2.71 bits per heavy atom. The summed E-state index contributed by atoms with van der Waals surface area (Å²) >= 11 is 0. The molecule has 1 N–H and O–H groups in total. The second kappa shape index (κ2) is 6.17. The van der Waals surface area contributed by atoms with Crippen LogP contribution in [0.4, 0.5) is 0 Å². The molecule has 3 nitrogen and oxygen atoms in total. The van der Waals surface area contributed by atoms with Crippen molar-refractivity contribution in [2.45, 2.75) is 39.0 Å². The molecule has 2 rings (SSSR count). The molecular weight excluding hydrogens is 214 g/mol. The van der Waals surface area contributed by atoms with Gasteiger partial charge in [0.1, 0.15) is 0 Å². The van der Waals surface area contributed by atoms with Crippen LogP contribution in [0.25, 0.3) is 0 Å². The highest BCUT2D eigenvalue weighted by Gasteiger charge is 2.46. The molecule has 0 radical (unpaired) electrons. The van der Waals surface area contributed by atoms with E-state index in [0.29, 0.717) is 11.3 Å². The van der Waals surface area contributed by atoms with Crippen LogP contribution in [0.2, 0.25) is 0 Å². The Labute approximate surface area is 105 Å². The average Bonchev–Trinajstić information content (AvgIpc) is 2.66. The highest BCUT2D eigenvalue weighted by Crippen LogP contribution is 2.47. The molecule has 0 bridgehead atoms. The fourth-order valence-corrected chi connectivity index (χ4v) is 3.77. The second-order valence-corrected chi connectivity index (χ2v) is 5.74. The van der Waals surface area contributed by atoms with E-state index in [1.165, 1.54) is 38.6 Å². The first kappa shape index (κ1) is 13.3. The molecule has 0 aromatic heterocycles. The Hall–Kier alpha value is -0.120. The van der Waals surface area contributed by atoms with Gasteiger partial charge in [0.25, 0.3) is 0 Å².